The molecular formula is C21H20ClN3O3. The molecule has 28 heavy (non-hydrogen) atoms. The summed E-state index contributed by atoms with van der Waals surface area (Å²) in [6, 6.07) is 14.3. The number of anilines is 3. The van der Waals surface area contributed by atoms with Gasteiger partial charge in [0.2, 0.25) is 0 Å². The molecule has 1 heterocycles. The van der Waals surface area contributed by atoms with Crippen molar-refractivity contribution in [2.24, 2.45) is 0 Å². The van der Waals surface area contributed by atoms with Crippen molar-refractivity contribution < 1.29 is 14.3 Å². The Labute approximate surface area is 168 Å². The van der Waals surface area contributed by atoms with E-state index in [9.17, 15) is 4.79 Å². The van der Waals surface area contributed by atoms with E-state index >= 15 is 0 Å². The fraction of sp³-hybridized carbons (Fsp3) is 0.143. The molecule has 0 atom stereocenters. The van der Waals surface area contributed by atoms with Crippen LogP contribution in [0.3, 0.4) is 0 Å². The van der Waals surface area contributed by atoms with Crippen LogP contribution in [-0.4, -0.2) is 25.1 Å². The third-order valence-corrected chi connectivity index (χ3v) is 4.51. The highest BCUT2D eigenvalue weighted by atomic mass is 35.5. The number of aromatic nitrogens is 1. The summed E-state index contributed by atoms with van der Waals surface area (Å²) in [4.78, 5) is 16.6. The molecule has 0 unspecified atom stereocenters. The lowest BCUT2D eigenvalue weighted by Crippen LogP contribution is -2.13. The van der Waals surface area contributed by atoms with Gasteiger partial charge in [0.25, 0.3) is 5.91 Å². The maximum atomic E-state index is 12.4. The lowest BCUT2D eigenvalue weighted by atomic mass is 10.2. The van der Waals surface area contributed by atoms with Gasteiger partial charge in [-0.3, -0.25) is 4.79 Å². The van der Waals surface area contributed by atoms with Crippen LogP contribution in [0.15, 0.2) is 54.7 Å². The van der Waals surface area contributed by atoms with E-state index in [4.69, 9.17) is 21.1 Å². The van der Waals surface area contributed by atoms with Crippen LogP contribution in [-0.2, 0) is 0 Å². The molecule has 0 bridgehead atoms. The van der Waals surface area contributed by atoms with Crippen molar-refractivity contribution in [1.29, 1.82) is 0 Å². The van der Waals surface area contributed by atoms with Crippen molar-refractivity contribution in [3.8, 4) is 11.5 Å². The van der Waals surface area contributed by atoms with Crippen LogP contribution in [0.25, 0.3) is 0 Å². The molecule has 144 valence electrons. The van der Waals surface area contributed by atoms with Gasteiger partial charge in [-0.25, -0.2) is 4.98 Å². The number of hydrogen-bond donors (Lipinski definition) is 2. The average Bonchev–Trinajstić information content (AvgIpc) is 2.71. The Morgan fingerprint density at radius 1 is 0.929 bits per heavy atom. The molecular weight excluding hydrogens is 378 g/mol. The highest BCUT2D eigenvalue weighted by Crippen LogP contribution is 2.31. The molecule has 0 fully saturated rings. The minimum absolute atomic E-state index is 0.301. The first-order valence-corrected chi connectivity index (χ1v) is 8.90. The second kappa shape index (κ2) is 8.63. The SMILES string of the molecule is COc1ccc(Nc2ccc(C(=O)Nc3ccc(C)c(Cl)c3)nc2)cc1OC. The number of nitrogens with zero attached hydrogens (tertiary/aromatic N) is 1. The Morgan fingerprint density at radius 3 is 2.29 bits per heavy atom. The molecule has 0 radical (unpaired) electrons. The quantitative estimate of drug-likeness (QED) is 0.608. The van der Waals surface area contributed by atoms with Crippen molar-refractivity contribution in [3.05, 3.63) is 71.0 Å². The number of amides is 1. The van der Waals surface area contributed by atoms with Crippen LogP contribution in [0, 0.1) is 6.92 Å². The first-order valence-electron chi connectivity index (χ1n) is 8.53. The van der Waals surface area contributed by atoms with Crippen molar-refractivity contribution in [1.82, 2.24) is 4.98 Å². The van der Waals surface area contributed by atoms with Gasteiger partial charge in [0, 0.05) is 22.5 Å². The minimum Gasteiger partial charge on any atom is -0.493 e. The Bertz CT molecular complexity index is 991. The van der Waals surface area contributed by atoms with Gasteiger partial charge < -0.3 is 20.1 Å². The van der Waals surface area contributed by atoms with E-state index in [0.717, 1.165) is 16.9 Å². The minimum atomic E-state index is -0.308. The van der Waals surface area contributed by atoms with E-state index in [2.05, 4.69) is 15.6 Å². The number of nitrogens with one attached hydrogen (secondary N) is 2. The van der Waals surface area contributed by atoms with Crippen LogP contribution in [0.2, 0.25) is 5.02 Å². The first-order chi connectivity index (χ1) is 13.5. The summed E-state index contributed by atoms with van der Waals surface area (Å²) in [7, 11) is 3.17. The molecule has 3 rings (SSSR count). The van der Waals surface area contributed by atoms with E-state index in [-0.39, 0.29) is 5.91 Å². The zero-order valence-electron chi connectivity index (χ0n) is 15.7. The Morgan fingerprint density at radius 2 is 1.64 bits per heavy atom. The molecule has 7 heteroatoms. The molecule has 6 nitrogen and oxygen atoms in total. The molecule has 3 aromatic rings. The van der Waals surface area contributed by atoms with Crippen molar-refractivity contribution in [3.63, 3.8) is 0 Å². The number of carbonyl (C=O) groups excluding carboxylic acids is 1. The van der Waals surface area contributed by atoms with Crippen molar-refractivity contribution >= 4 is 34.6 Å². The fourth-order valence-corrected chi connectivity index (χ4v) is 2.73. The molecule has 2 N–H and O–H groups in total. The second-order valence-corrected chi connectivity index (χ2v) is 6.45. The van der Waals surface area contributed by atoms with Gasteiger partial charge in [-0.2, -0.15) is 0 Å². The van der Waals surface area contributed by atoms with Gasteiger partial charge in [0.1, 0.15) is 5.69 Å². The maximum absolute atomic E-state index is 12.4. The maximum Gasteiger partial charge on any atom is 0.274 e. The van der Waals surface area contributed by atoms with Crippen molar-refractivity contribution in [2.45, 2.75) is 6.92 Å². The predicted octanol–water partition coefficient (Wildman–Crippen LogP) is 5.06. The standard InChI is InChI=1S/C21H20ClN3O3/c1-13-4-5-14(10-17(13)22)25-21(26)18-8-6-16(12-23-18)24-15-7-9-19(27-2)20(11-15)28-3/h4-12,24H,1-3H3,(H,25,26). The number of carbonyl (C=O) groups is 1. The van der Waals surface area contributed by atoms with Gasteiger partial charge in [-0.05, 0) is 48.9 Å². The molecule has 0 aliphatic carbocycles. The summed E-state index contributed by atoms with van der Waals surface area (Å²) >= 11 is 6.09. The molecule has 1 aromatic heterocycles. The lowest BCUT2D eigenvalue weighted by molar-refractivity contribution is 0.102. The van der Waals surface area contributed by atoms with Crippen LogP contribution in [0.4, 0.5) is 17.1 Å². The number of ether oxygens (including phenoxy) is 2. The third kappa shape index (κ3) is 4.53. The summed E-state index contributed by atoms with van der Waals surface area (Å²) < 4.78 is 10.5. The van der Waals surface area contributed by atoms with Gasteiger partial charge in [0.15, 0.2) is 11.5 Å². The number of rotatable bonds is 6. The summed E-state index contributed by atoms with van der Waals surface area (Å²) in [6.07, 6.45) is 1.59. The third-order valence-electron chi connectivity index (χ3n) is 4.10. The lowest BCUT2D eigenvalue weighted by Gasteiger charge is -2.11. The van der Waals surface area contributed by atoms with E-state index in [0.29, 0.717) is 27.9 Å². The average molecular weight is 398 g/mol. The number of benzene rings is 2. The number of halogens is 1. The molecule has 0 saturated carbocycles. The highest BCUT2D eigenvalue weighted by molar-refractivity contribution is 6.31. The summed E-state index contributed by atoms with van der Waals surface area (Å²) in [5, 5.41) is 6.60. The Kier molecular flexibility index (Phi) is 6.01. The zero-order valence-corrected chi connectivity index (χ0v) is 16.5. The summed E-state index contributed by atoms with van der Waals surface area (Å²) in [5.74, 6) is 0.959. The molecule has 0 aliphatic rings. The first kappa shape index (κ1) is 19.5. The van der Waals surface area contributed by atoms with Crippen LogP contribution in [0.1, 0.15) is 16.1 Å². The van der Waals surface area contributed by atoms with E-state index in [1.165, 1.54) is 0 Å². The summed E-state index contributed by atoms with van der Waals surface area (Å²) in [5.41, 5.74) is 3.42. The van der Waals surface area contributed by atoms with E-state index in [1.807, 2.05) is 31.2 Å². The van der Waals surface area contributed by atoms with Crippen molar-refractivity contribution in [2.75, 3.05) is 24.9 Å². The smallest absolute Gasteiger partial charge is 0.274 e. The molecule has 2 aromatic carbocycles. The monoisotopic (exact) mass is 397 g/mol. The van der Waals surface area contributed by atoms with Gasteiger partial charge in [-0.15, -0.1) is 0 Å². The number of methoxy groups -OCH3 is 2. The topological polar surface area (TPSA) is 72.5 Å². The van der Waals surface area contributed by atoms with Crippen LogP contribution in [0.5, 0.6) is 11.5 Å². The largest absolute Gasteiger partial charge is 0.493 e. The number of hydrogen-bond acceptors (Lipinski definition) is 5. The van der Waals surface area contributed by atoms with E-state index < -0.39 is 0 Å². The fourth-order valence-electron chi connectivity index (χ4n) is 2.55. The van der Waals surface area contributed by atoms with Gasteiger partial charge >= 0.3 is 0 Å². The zero-order chi connectivity index (χ0) is 20.1. The number of aryl methyl sites for hydroxylation is 1. The molecule has 0 spiro atoms. The molecule has 0 aliphatic heterocycles. The van der Waals surface area contributed by atoms with Crippen LogP contribution < -0.4 is 20.1 Å². The van der Waals surface area contributed by atoms with E-state index in [1.54, 1.807) is 44.7 Å². The Hall–Kier alpha value is -3.25. The Balaban J connectivity index is 1.69. The highest BCUT2D eigenvalue weighted by Gasteiger charge is 2.09. The van der Waals surface area contributed by atoms with Gasteiger partial charge in [0.05, 0.1) is 26.1 Å². The van der Waals surface area contributed by atoms with Crippen LogP contribution >= 0.6 is 11.6 Å². The predicted molar refractivity (Wildman–Crippen MR) is 111 cm³/mol. The number of pyridine rings is 1. The molecule has 1 amide bonds. The normalized spacial score (nSPS) is 10.3. The second-order valence-electron chi connectivity index (χ2n) is 6.04. The summed E-state index contributed by atoms with van der Waals surface area (Å²) in [6.45, 7) is 1.90. The van der Waals surface area contributed by atoms with Gasteiger partial charge in [-0.1, -0.05) is 17.7 Å². The molecule has 0 saturated heterocycles.